The second-order valence-corrected chi connectivity index (χ2v) is 8.67. The third-order valence-corrected chi connectivity index (χ3v) is 5.59. The van der Waals surface area contributed by atoms with Gasteiger partial charge in [0, 0.05) is 6.07 Å². The number of hydrogen-bond donors (Lipinski definition) is 1. The number of benzene rings is 3. The van der Waals surface area contributed by atoms with E-state index in [4.69, 9.17) is 42.0 Å². The minimum absolute atomic E-state index is 0.0760. The summed E-state index contributed by atoms with van der Waals surface area (Å²) in [6.45, 7) is 0. The predicted octanol–water partition coefficient (Wildman–Crippen LogP) is 1.54. The van der Waals surface area contributed by atoms with Gasteiger partial charge in [-0.2, -0.15) is 0 Å². The first kappa shape index (κ1) is 30.2. The van der Waals surface area contributed by atoms with Crippen molar-refractivity contribution in [3.63, 3.8) is 0 Å². The van der Waals surface area contributed by atoms with Crippen molar-refractivity contribution >= 4 is 5.97 Å². The van der Waals surface area contributed by atoms with Gasteiger partial charge in [0.1, 0.15) is 5.56 Å². The lowest BCUT2D eigenvalue weighted by Gasteiger charge is -2.17. The zero-order valence-electron chi connectivity index (χ0n) is 21.8. The van der Waals surface area contributed by atoms with Crippen LogP contribution in [0.2, 0.25) is 0 Å². The standard InChI is InChI=1S/C28H24O7.ClHO4/c1-31-21-12-10-18(14-24(21)33-3)26-20(28(29)30)16-23(17-8-6-5-7-9-17)35-27(26)19-11-13-22(32-2)25(15-19)34-4;2-1(3,4)5/h5-16H,1-4H3;(H,2,3,4,5). The molecule has 40 heavy (non-hydrogen) atoms. The molecule has 0 aliphatic heterocycles. The summed E-state index contributed by atoms with van der Waals surface area (Å²) in [4.78, 5) is 12.5. The van der Waals surface area contributed by atoms with Gasteiger partial charge in [-0.15, -0.1) is 10.2 Å². The molecule has 4 rings (SSSR count). The van der Waals surface area contributed by atoms with Crippen molar-refractivity contribution in [1.29, 1.82) is 0 Å². The molecule has 1 heterocycles. The SMILES string of the molecule is COc1ccc(-c2[o+]c(-c3ccccc3)cc(C(=O)O)c2-c2ccc(OC)c(OC)c2)cc1OC.[O-][Cl+3]([O-])([O-])[O-]. The molecule has 0 bridgehead atoms. The lowest BCUT2D eigenvalue weighted by molar-refractivity contribution is -2.00. The van der Waals surface area contributed by atoms with Gasteiger partial charge in [-0.1, -0.05) is 24.3 Å². The second kappa shape index (κ2) is 13.1. The van der Waals surface area contributed by atoms with Gasteiger partial charge in [-0.05, 0) is 42.0 Å². The molecule has 0 amide bonds. The molecule has 0 saturated heterocycles. The Morgan fingerprint density at radius 2 is 1.15 bits per heavy atom. The van der Waals surface area contributed by atoms with Gasteiger partial charge in [0.05, 0.1) is 51.2 Å². The normalized spacial score (nSPS) is 10.7. The fourth-order valence-corrected chi connectivity index (χ4v) is 3.89. The van der Waals surface area contributed by atoms with E-state index in [1.165, 1.54) is 20.3 Å². The molecule has 0 saturated carbocycles. The molecule has 3 aromatic carbocycles. The number of methoxy groups -OCH3 is 4. The monoisotopic (exact) mass is 572 g/mol. The summed E-state index contributed by atoms with van der Waals surface area (Å²) in [6, 6.07) is 21.4. The van der Waals surface area contributed by atoms with E-state index in [0.717, 1.165) is 5.56 Å². The van der Waals surface area contributed by atoms with Crippen LogP contribution >= 0.6 is 0 Å². The van der Waals surface area contributed by atoms with Gasteiger partial charge in [0.25, 0.3) is 0 Å². The van der Waals surface area contributed by atoms with E-state index in [-0.39, 0.29) is 5.56 Å². The summed E-state index contributed by atoms with van der Waals surface area (Å²) in [5.41, 5.74) is 2.42. The molecule has 0 atom stereocenters. The molecule has 0 unspecified atom stereocenters. The van der Waals surface area contributed by atoms with Crippen LogP contribution < -0.4 is 37.6 Å². The summed E-state index contributed by atoms with van der Waals surface area (Å²) in [7, 11) is 1.21. The van der Waals surface area contributed by atoms with E-state index in [0.29, 0.717) is 51.2 Å². The fourth-order valence-electron chi connectivity index (χ4n) is 3.89. The second-order valence-electron chi connectivity index (χ2n) is 7.92. The van der Waals surface area contributed by atoms with Crippen molar-refractivity contribution in [2.45, 2.75) is 0 Å². The van der Waals surface area contributed by atoms with Crippen LogP contribution in [-0.4, -0.2) is 39.5 Å². The van der Waals surface area contributed by atoms with Crippen LogP contribution in [0.25, 0.3) is 33.8 Å². The van der Waals surface area contributed by atoms with Crippen LogP contribution in [0, 0.1) is 10.2 Å². The summed E-state index contributed by atoms with van der Waals surface area (Å²) in [5.74, 6) is 1.70. The van der Waals surface area contributed by atoms with Crippen molar-refractivity contribution in [2.24, 2.45) is 0 Å². The number of ether oxygens (including phenoxy) is 4. The van der Waals surface area contributed by atoms with Gasteiger partial charge in [0.15, 0.2) is 23.0 Å². The van der Waals surface area contributed by atoms with Gasteiger partial charge >= 0.3 is 17.5 Å². The lowest BCUT2D eigenvalue weighted by Crippen LogP contribution is -2.68. The molecular weight excluding hydrogens is 548 g/mol. The molecule has 0 aliphatic carbocycles. The van der Waals surface area contributed by atoms with Gasteiger partial charge in [0.2, 0.25) is 0 Å². The molecule has 0 aliphatic rings. The Labute approximate surface area is 231 Å². The maximum absolute atomic E-state index is 12.5. The number of aromatic carboxylic acids is 1. The van der Waals surface area contributed by atoms with E-state index in [1.54, 1.807) is 50.6 Å². The van der Waals surface area contributed by atoms with Crippen LogP contribution in [-0.2, 0) is 0 Å². The molecule has 1 N–H and O–H groups in total. The highest BCUT2D eigenvalue weighted by molar-refractivity contribution is 6.01. The molecule has 210 valence electrons. The number of carboxylic acids is 1. The van der Waals surface area contributed by atoms with E-state index < -0.39 is 16.2 Å². The third kappa shape index (κ3) is 7.38. The van der Waals surface area contributed by atoms with E-state index in [1.807, 2.05) is 30.3 Å². The zero-order chi connectivity index (χ0) is 29.4. The molecule has 11 nitrogen and oxygen atoms in total. The topological polar surface area (TPSA) is 178 Å². The first-order valence-corrected chi connectivity index (χ1v) is 12.6. The fraction of sp³-hybridized carbons (Fsp3) is 0.143. The summed E-state index contributed by atoms with van der Waals surface area (Å²) < 4.78 is 62.0. The number of carboxylic acid groups (broad SMARTS) is 1. The molecule has 12 heteroatoms. The third-order valence-electron chi connectivity index (χ3n) is 5.59. The Hall–Kier alpha value is -4.39. The Morgan fingerprint density at radius 3 is 1.62 bits per heavy atom. The quantitative estimate of drug-likeness (QED) is 0.303. The van der Waals surface area contributed by atoms with Crippen molar-refractivity contribution in [1.82, 2.24) is 0 Å². The highest BCUT2D eigenvalue weighted by atomic mass is 35.7. The summed E-state index contributed by atoms with van der Waals surface area (Å²) >= 11 is 0. The highest BCUT2D eigenvalue weighted by Crippen LogP contribution is 2.43. The Morgan fingerprint density at radius 1 is 0.675 bits per heavy atom. The highest BCUT2D eigenvalue weighted by Gasteiger charge is 2.32. The van der Waals surface area contributed by atoms with Crippen molar-refractivity contribution in [3.8, 4) is 56.8 Å². The Balaban J connectivity index is 0.000000810. The maximum Gasteiger partial charge on any atom is 0.369 e. The lowest BCUT2D eigenvalue weighted by atomic mass is 9.94. The minimum Gasteiger partial charge on any atom is -0.493 e. The Kier molecular flexibility index (Phi) is 9.88. The van der Waals surface area contributed by atoms with Gasteiger partial charge < -0.3 is 24.1 Å². The van der Waals surface area contributed by atoms with E-state index in [9.17, 15) is 9.90 Å². The number of carbonyl (C=O) groups is 1. The average Bonchev–Trinajstić information content (AvgIpc) is 2.95. The number of hydrogen-bond acceptors (Lipinski definition) is 9. The van der Waals surface area contributed by atoms with Gasteiger partial charge in [-0.25, -0.2) is 27.8 Å². The van der Waals surface area contributed by atoms with E-state index in [2.05, 4.69) is 0 Å². The zero-order valence-corrected chi connectivity index (χ0v) is 22.6. The summed E-state index contributed by atoms with van der Waals surface area (Å²) in [6.07, 6.45) is 0. The van der Waals surface area contributed by atoms with Crippen LogP contribution in [0.5, 0.6) is 23.0 Å². The minimum atomic E-state index is -4.94. The van der Waals surface area contributed by atoms with Crippen LogP contribution in [0.1, 0.15) is 10.4 Å². The Bertz CT molecular complexity index is 1460. The van der Waals surface area contributed by atoms with Crippen LogP contribution in [0.15, 0.2) is 77.2 Å². The first-order valence-electron chi connectivity index (χ1n) is 11.4. The molecule has 0 radical (unpaired) electrons. The van der Waals surface area contributed by atoms with Crippen LogP contribution in [0.4, 0.5) is 0 Å². The van der Waals surface area contributed by atoms with Crippen molar-refractivity contribution in [3.05, 3.63) is 78.4 Å². The van der Waals surface area contributed by atoms with Gasteiger partial charge in [-0.3, -0.25) is 0 Å². The van der Waals surface area contributed by atoms with Crippen molar-refractivity contribution in [2.75, 3.05) is 28.4 Å². The average molecular weight is 573 g/mol. The summed E-state index contributed by atoms with van der Waals surface area (Å²) in [5, 5.41) is 10.2. The predicted molar refractivity (Wildman–Crippen MR) is 133 cm³/mol. The maximum atomic E-state index is 12.5. The molecule has 0 fully saturated rings. The molecular formula is C28H25ClO11. The largest absolute Gasteiger partial charge is 0.493 e. The molecule has 1 aromatic heterocycles. The molecule has 0 spiro atoms. The number of rotatable bonds is 8. The van der Waals surface area contributed by atoms with E-state index >= 15 is 0 Å². The molecule has 4 aromatic rings. The van der Waals surface area contributed by atoms with Crippen LogP contribution in [0.3, 0.4) is 0 Å². The first-order chi connectivity index (χ1) is 19.0. The van der Waals surface area contributed by atoms with Crippen molar-refractivity contribution < 1.29 is 62.1 Å². The smallest absolute Gasteiger partial charge is 0.369 e. The number of halogens is 1.